The second-order valence-corrected chi connectivity index (χ2v) is 7.32. The minimum absolute atomic E-state index is 0.0210. The van der Waals surface area contributed by atoms with E-state index in [1.165, 1.54) is 11.8 Å². The zero-order valence-electron chi connectivity index (χ0n) is 16.9. The Morgan fingerprint density at radius 1 is 1.21 bits per heavy atom. The molecule has 0 aliphatic rings. The van der Waals surface area contributed by atoms with Gasteiger partial charge in [-0.2, -0.15) is 5.10 Å². The van der Waals surface area contributed by atoms with E-state index in [1.807, 2.05) is 37.4 Å². The van der Waals surface area contributed by atoms with Gasteiger partial charge in [-0.15, -0.1) is 0 Å². The number of hydrogen-bond acceptors (Lipinski definition) is 7. The van der Waals surface area contributed by atoms with E-state index in [0.29, 0.717) is 24.0 Å². The number of nitrogens with one attached hydrogen (secondary N) is 2. The van der Waals surface area contributed by atoms with Crippen molar-refractivity contribution < 1.29 is 9.53 Å². The number of rotatable bonds is 10. The molecule has 3 rings (SSSR count). The molecule has 1 aromatic carbocycles. The summed E-state index contributed by atoms with van der Waals surface area (Å²) in [5.74, 6) is 1.30. The van der Waals surface area contributed by atoms with Crippen molar-refractivity contribution in [2.75, 3.05) is 31.3 Å². The Balaban J connectivity index is 1.57. The van der Waals surface area contributed by atoms with Crippen LogP contribution in [0.3, 0.4) is 0 Å². The Morgan fingerprint density at radius 3 is 2.72 bits per heavy atom. The quantitative estimate of drug-likeness (QED) is 0.389. The molecule has 0 atom stereocenters. The number of carbonyl (C=O) groups is 1. The maximum atomic E-state index is 12.0. The third kappa shape index (κ3) is 5.60. The summed E-state index contributed by atoms with van der Waals surface area (Å²) >= 11 is 1.49. The molecule has 0 bridgehead atoms. The Bertz CT molecular complexity index is 958. The molecular weight excluding hydrogens is 388 g/mol. The summed E-state index contributed by atoms with van der Waals surface area (Å²) in [7, 11) is 0. The lowest BCUT2D eigenvalue weighted by Crippen LogP contribution is -2.31. The van der Waals surface area contributed by atoms with Crippen molar-refractivity contribution in [3.05, 3.63) is 36.0 Å². The van der Waals surface area contributed by atoms with E-state index in [0.717, 1.165) is 35.4 Å². The number of hydrogen-bond donors (Lipinski definition) is 2. The number of fused-ring (bicyclic) bond motifs is 1. The van der Waals surface area contributed by atoms with Crippen LogP contribution in [-0.2, 0) is 11.3 Å². The maximum Gasteiger partial charge on any atom is 0.258 e. The standard InChI is InChI=1S/C20H26N6O2S/c1-4-9-22-18-16-12-23-26(19(16)25-20(24-18)29-3)11-10-21-17(27)13-28-15-7-5-14(2)6-8-15/h5-8,12H,4,9-11,13H2,1-3H3,(H,21,27)(H,22,24,25). The molecule has 8 nitrogen and oxygen atoms in total. The number of ether oxygens (including phenoxy) is 1. The zero-order valence-corrected chi connectivity index (χ0v) is 17.8. The molecule has 29 heavy (non-hydrogen) atoms. The number of carbonyl (C=O) groups excluding carboxylic acids is 1. The lowest BCUT2D eigenvalue weighted by atomic mass is 10.2. The van der Waals surface area contributed by atoms with Gasteiger partial charge in [0.2, 0.25) is 0 Å². The summed E-state index contributed by atoms with van der Waals surface area (Å²) in [6, 6.07) is 7.60. The molecule has 0 aliphatic heterocycles. The van der Waals surface area contributed by atoms with Gasteiger partial charge in [0.15, 0.2) is 17.4 Å². The fourth-order valence-corrected chi connectivity index (χ4v) is 3.06. The van der Waals surface area contributed by atoms with Gasteiger partial charge in [0, 0.05) is 13.1 Å². The van der Waals surface area contributed by atoms with Crippen LogP contribution >= 0.6 is 11.8 Å². The largest absolute Gasteiger partial charge is 0.484 e. The SMILES string of the molecule is CCCNc1nc(SC)nc2c1cnn2CCNC(=O)COc1ccc(C)cc1. The van der Waals surface area contributed by atoms with Gasteiger partial charge in [0.25, 0.3) is 5.91 Å². The summed E-state index contributed by atoms with van der Waals surface area (Å²) < 4.78 is 7.28. The van der Waals surface area contributed by atoms with E-state index >= 15 is 0 Å². The summed E-state index contributed by atoms with van der Waals surface area (Å²) in [6.07, 6.45) is 4.71. The summed E-state index contributed by atoms with van der Waals surface area (Å²) in [6.45, 7) is 5.87. The van der Waals surface area contributed by atoms with Crippen LogP contribution in [0, 0.1) is 6.92 Å². The first-order valence-electron chi connectivity index (χ1n) is 9.58. The highest BCUT2D eigenvalue weighted by Crippen LogP contribution is 2.23. The van der Waals surface area contributed by atoms with Crippen LogP contribution in [0.5, 0.6) is 5.75 Å². The molecular formula is C20H26N6O2S. The highest BCUT2D eigenvalue weighted by molar-refractivity contribution is 7.98. The highest BCUT2D eigenvalue weighted by Gasteiger charge is 2.13. The van der Waals surface area contributed by atoms with Gasteiger partial charge < -0.3 is 15.4 Å². The van der Waals surface area contributed by atoms with Crippen molar-refractivity contribution in [2.24, 2.45) is 0 Å². The predicted octanol–water partition coefficient (Wildman–Crippen LogP) is 2.87. The Hall–Kier alpha value is -2.81. The minimum Gasteiger partial charge on any atom is -0.484 e. The van der Waals surface area contributed by atoms with Crippen LogP contribution in [0.4, 0.5) is 5.82 Å². The van der Waals surface area contributed by atoms with Crippen LogP contribution in [0.2, 0.25) is 0 Å². The van der Waals surface area contributed by atoms with Crippen LogP contribution < -0.4 is 15.4 Å². The van der Waals surface area contributed by atoms with Crippen molar-refractivity contribution >= 4 is 34.5 Å². The fourth-order valence-electron chi connectivity index (χ4n) is 2.70. The topological polar surface area (TPSA) is 94.0 Å². The van der Waals surface area contributed by atoms with Gasteiger partial charge in [-0.3, -0.25) is 4.79 Å². The molecule has 0 saturated heterocycles. The number of aromatic nitrogens is 4. The number of aryl methyl sites for hydroxylation is 1. The third-order valence-corrected chi connectivity index (χ3v) is 4.79. The van der Waals surface area contributed by atoms with Crippen LogP contribution in [-0.4, -0.2) is 51.6 Å². The zero-order chi connectivity index (χ0) is 20.6. The molecule has 0 unspecified atom stereocenters. The lowest BCUT2D eigenvalue weighted by Gasteiger charge is -2.09. The average Bonchev–Trinajstić information content (AvgIpc) is 3.14. The fraction of sp³-hybridized carbons (Fsp3) is 0.400. The second kappa shape index (κ2) is 10.1. The van der Waals surface area contributed by atoms with E-state index < -0.39 is 0 Å². The summed E-state index contributed by atoms with van der Waals surface area (Å²) in [4.78, 5) is 21.2. The monoisotopic (exact) mass is 414 g/mol. The predicted molar refractivity (Wildman–Crippen MR) is 116 cm³/mol. The first-order chi connectivity index (χ1) is 14.1. The van der Waals surface area contributed by atoms with Crippen LogP contribution in [0.25, 0.3) is 11.0 Å². The van der Waals surface area contributed by atoms with Crippen LogP contribution in [0.1, 0.15) is 18.9 Å². The van der Waals surface area contributed by atoms with E-state index in [1.54, 1.807) is 10.9 Å². The van der Waals surface area contributed by atoms with Gasteiger partial charge in [-0.05, 0) is 31.7 Å². The normalized spacial score (nSPS) is 10.9. The van der Waals surface area contributed by atoms with Gasteiger partial charge in [0.1, 0.15) is 11.6 Å². The average molecular weight is 415 g/mol. The molecule has 2 aromatic heterocycles. The Kier molecular flexibility index (Phi) is 7.29. The molecule has 0 spiro atoms. The third-order valence-electron chi connectivity index (χ3n) is 4.24. The summed E-state index contributed by atoms with van der Waals surface area (Å²) in [5.41, 5.74) is 1.91. The number of nitrogens with zero attached hydrogens (tertiary/aromatic N) is 4. The molecule has 2 heterocycles. The number of amides is 1. The number of thioether (sulfide) groups is 1. The molecule has 0 aliphatic carbocycles. The molecule has 3 aromatic rings. The van der Waals surface area contributed by atoms with Crippen molar-refractivity contribution in [2.45, 2.75) is 32.0 Å². The lowest BCUT2D eigenvalue weighted by molar-refractivity contribution is -0.123. The first-order valence-corrected chi connectivity index (χ1v) is 10.8. The van der Waals surface area contributed by atoms with Crippen molar-refractivity contribution in [1.29, 1.82) is 0 Å². The number of anilines is 1. The van der Waals surface area contributed by atoms with E-state index in [4.69, 9.17) is 4.74 Å². The minimum atomic E-state index is -0.174. The van der Waals surface area contributed by atoms with Crippen molar-refractivity contribution in [3.8, 4) is 5.75 Å². The van der Waals surface area contributed by atoms with Crippen LogP contribution in [0.15, 0.2) is 35.6 Å². The van der Waals surface area contributed by atoms with Gasteiger partial charge in [-0.1, -0.05) is 36.4 Å². The molecule has 0 radical (unpaired) electrons. The summed E-state index contributed by atoms with van der Waals surface area (Å²) in [5, 5.41) is 12.2. The Labute approximate surface area is 174 Å². The van der Waals surface area contributed by atoms with Gasteiger partial charge in [-0.25, -0.2) is 14.6 Å². The van der Waals surface area contributed by atoms with E-state index in [2.05, 4.69) is 32.6 Å². The number of benzene rings is 1. The van der Waals surface area contributed by atoms with E-state index in [9.17, 15) is 4.79 Å². The smallest absolute Gasteiger partial charge is 0.258 e. The molecule has 1 amide bonds. The highest BCUT2D eigenvalue weighted by atomic mass is 32.2. The molecule has 0 saturated carbocycles. The molecule has 2 N–H and O–H groups in total. The Morgan fingerprint density at radius 2 is 2.00 bits per heavy atom. The molecule has 154 valence electrons. The molecule has 9 heteroatoms. The van der Waals surface area contributed by atoms with Crippen molar-refractivity contribution in [1.82, 2.24) is 25.1 Å². The second-order valence-electron chi connectivity index (χ2n) is 6.54. The van der Waals surface area contributed by atoms with Gasteiger partial charge >= 0.3 is 0 Å². The molecule has 0 fully saturated rings. The van der Waals surface area contributed by atoms with Crippen molar-refractivity contribution in [3.63, 3.8) is 0 Å². The maximum absolute atomic E-state index is 12.0. The first kappa shape index (κ1) is 20.9. The van der Waals surface area contributed by atoms with E-state index in [-0.39, 0.29) is 12.5 Å². The van der Waals surface area contributed by atoms with Gasteiger partial charge in [0.05, 0.1) is 18.1 Å².